The molecule has 1 N–H and O–H groups in total. The Morgan fingerprint density at radius 3 is 2.03 bits per heavy atom. The van der Waals surface area contributed by atoms with Crippen molar-refractivity contribution < 1.29 is 17.9 Å². The molecule has 1 atom stereocenters. The highest BCUT2D eigenvalue weighted by molar-refractivity contribution is 7.89. The van der Waals surface area contributed by atoms with E-state index in [4.69, 9.17) is 4.74 Å². The van der Waals surface area contributed by atoms with Gasteiger partial charge in [-0.1, -0.05) is 66.7 Å². The molecule has 7 heteroatoms. The molecular formula is C24H26N2O4S. The molecule has 3 aromatic carbocycles. The van der Waals surface area contributed by atoms with E-state index in [2.05, 4.69) is 4.72 Å². The first-order valence-electron chi connectivity index (χ1n) is 9.99. The van der Waals surface area contributed by atoms with E-state index in [1.807, 2.05) is 65.6 Å². The van der Waals surface area contributed by atoms with Gasteiger partial charge >= 0.3 is 5.97 Å². The topological polar surface area (TPSA) is 75.7 Å². The minimum absolute atomic E-state index is 0.136. The zero-order valence-corrected chi connectivity index (χ0v) is 18.2. The molecule has 6 nitrogen and oxygen atoms in total. The predicted octanol–water partition coefficient (Wildman–Crippen LogP) is 3.78. The Labute approximate surface area is 183 Å². The number of nitrogens with one attached hydrogen (secondary N) is 1. The number of esters is 1. The van der Waals surface area contributed by atoms with Gasteiger partial charge < -0.3 is 9.64 Å². The summed E-state index contributed by atoms with van der Waals surface area (Å²) in [7, 11) is -2.32. The van der Waals surface area contributed by atoms with E-state index in [9.17, 15) is 13.2 Å². The third-order valence-corrected chi connectivity index (χ3v) is 6.39. The highest BCUT2D eigenvalue weighted by Gasteiger charge is 2.24. The number of para-hydroxylation sites is 1. The molecule has 0 aliphatic rings. The summed E-state index contributed by atoms with van der Waals surface area (Å²) in [5, 5.41) is 0. The number of hydrogen-bond acceptors (Lipinski definition) is 5. The van der Waals surface area contributed by atoms with Gasteiger partial charge in [-0.25, -0.2) is 13.1 Å². The smallest absolute Gasteiger partial charge is 0.307 e. The number of anilines is 1. The highest BCUT2D eigenvalue weighted by atomic mass is 32.2. The maximum absolute atomic E-state index is 12.8. The standard InChI is InChI=1S/C24H26N2O4S/c1-30-24(27)17-18-26(21-13-7-3-8-14-21)23(20-11-5-2-6-12-20)19-25-31(28,29)22-15-9-4-10-16-22/h2-16,23,25H,17-19H2,1H3/t23-/m0/s1. The highest BCUT2D eigenvalue weighted by Crippen LogP contribution is 2.27. The van der Waals surface area contributed by atoms with E-state index >= 15 is 0 Å². The molecule has 0 unspecified atom stereocenters. The Kier molecular flexibility index (Phi) is 7.81. The molecule has 0 radical (unpaired) electrons. The average Bonchev–Trinajstić information content (AvgIpc) is 2.82. The van der Waals surface area contributed by atoms with Gasteiger partial charge in [0, 0.05) is 18.8 Å². The molecule has 0 aliphatic heterocycles. The second kappa shape index (κ2) is 10.7. The van der Waals surface area contributed by atoms with E-state index < -0.39 is 10.0 Å². The Bertz CT molecular complexity index is 1060. The van der Waals surface area contributed by atoms with Crippen molar-refractivity contribution in [3.63, 3.8) is 0 Å². The lowest BCUT2D eigenvalue weighted by atomic mass is 10.0. The van der Waals surface area contributed by atoms with Crippen molar-refractivity contribution in [1.29, 1.82) is 0 Å². The van der Waals surface area contributed by atoms with Crippen LogP contribution in [0.25, 0.3) is 0 Å². The van der Waals surface area contributed by atoms with E-state index in [1.54, 1.807) is 30.3 Å². The maximum Gasteiger partial charge on any atom is 0.307 e. The summed E-state index contributed by atoms with van der Waals surface area (Å²) in [6.07, 6.45) is 0.181. The monoisotopic (exact) mass is 438 g/mol. The van der Waals surface area contributed by atoms with Gasteiger partial charge in [0.2, 0.25) is 10.0 Å². The number of nitrogens with zero attached hydrogens (tertiary/aromatic N) is 1. The number of sulfonamides is 1. The first kappa shape index (κ1) is 22.5. The molecule has 0 heterocycles. The molecule has 3 rings (SSSR count). The first-order valence-corrected chi connectivity index (χ1v) is 11.5. The maximum atomic E-state index is 12.8. The van der Waals surface area contributed by atoms with Gasteiger partial charge in [0.25, 0.3) is 0 Å². The van der Waals surface area contributed by atoms with Crippen LogP contribution in [0, 0.1) is 0 Å². The number of methoxy groups -OCH3 is 1. The van der Waals surface area contributed by atoms with Crippen LogP contribution < -0.4 is 9.62 Å². The third-order valence-electron chi connectivity index (χ3n) is 4.95. The quantitative estimate of drug-likeness (QED) is 0.488. The molecule has 0 saturated carbocycles. The van der Waals surface area contributed by atoms with Gasteiger partial charge in [-0.3, -0.25) is 4.79 Å². The van der Waals surface area contributed by atoms with Crippen LogP contribution in [0.1, 0.15) is 18.0 Å². The zero-order valence-electron chi connectivity index (χ0n) is 17.3. The van der Waals surface area contributed by atoms with Gasteiger partial charge in [-0.15, -0.1) is 0 Å². The van der Waals surface area contributed by atoms with Crippen LogP contribution >= 0.6 is 0 Å². The number of carbonyl (C=O) groups excluding carboxylic acids is 1. The van der Waals surface area contributed by atoms with E-state index in [0.29, 0.717) is 6.54 Å². The molecule has 0 spiro atoms. The lowest BCUT2D eigenvalue weighted by Crippen LogP contribution is -2.39. The predicted molar refractivity (Wildman–Crippen MR) is 121 cm³/mol. The van der Waals surface area contributed by atoms with Crippen LogP contribution in [-0.4, -0.2) is 34.6 Å². The van der Waals surface area contributed by atoms with Gasteiger partial charge in [-0.05, 0) is 29.8 Å². The van der Waals surface area contributed by atoms with Crippen molar-refractivity contribution in [1.82, 2.24) is 4.72 Å². The minimum Gasteiger partial charge on any atom is -0.469 e. The summed E-state index contributed by atoms with van der Waals surface area (Å²) >= 11 is 0. The summed E-state index contributed by atoms with van der Waals surface area (Å²) in [5.74, 6) is -0.322. The van der Waals surface area contributed by atoms with Crippen LogP contribution in [0.3, 0.4) is 0 Å². The SMILES string of the molecule is COC(=O)CCN(c1ccccc1)[C@@H](CNS(=O)(=O)c1ccccc1)c1ccccc1. The van der Waals surface area contributed by atoms with E-state index in [1.165, 1.54) is 7.11 Å². The summed E-state index contributed by atoms with van der Waals surface area (Å²) in [6.45, 7) is 0.515. The van der Waals surface area contributed by atoms with Crippen LogP contribution in [0.4, 0.5) is 5.69 Å². The van der Waals surface area contributed by atoms with Crippen molar-refractivity contribution in [3.8, 4) is 0 Å². The summed E-state index contributed by atoms with van der Waals surface area (Å²) in [4.78, 5) is 14.1. The minimum atomic E-state index is -3.68. The number of ether oxygens (including phenoxy) is 1. The normalized spacial score (nSPS) is 12.2. The lowest BCUT2D eigenvalue weighted by molar-refractivity contribution is -0.140. The summed E-state index contributed by atoms with van der Waals surface area (Å²) in [6, 6.07) is 27.2. The molecule has 0 aliphatic carbocycles. The Morgan fingerprint density at radius 2 is 1.45 bits per heavy atom. The largest absolute Gasteiger partial charge is 0.469 e. The fourth-order valence-corrected chi connectivity index (χ4v) is 4.41. The van der Waals surface area contributed by atoms with Crippen LogP contribution in [0.2, 0.25) is 0 Å². The van der Waals surface area contributed by atoms with Crippen LogP contribution in [-0.2, 0) is 19.6 Å². The lowest BCUT2D eigenvalue weighted by Gasteiger charge is -2.34. The Hall–Kier alpha value is -3.16. The second-order valence-electron chi connectivity index (χ2n) is 6.95. The molecule has 31 heavy (non-hydrogen) atoms. The van der Waals surface area contributed by atoms with Gasteiger partial charge in [0.15, 0.2) is 0 Å². The molecule has 0 aromatic heterocycles. The van der Waals surface area contributed by atoms with Gasteiger partial charge in [0.05, 0.1) is 24.5 Å². The van der Waals surface area contributed by atoms with E-state index in [-0.39, 0.29) is 29.9 Å². The van der Waals surface area contributed by atoms with Crippen LogP contribution in [0.5, 0.6) is 0 Å². The van der Waals surface area contributed by atoms with Crippen molar-refractivity contribution in [2.75, 3.05) is 25.1 Å². The molecule has 162 valence electrons. The van der Waals surface area contributed by atoms with Gasteiger partial charge in [0.1, 0.15) is 0 Å². The van der Waals surface area contributed by atoms with Crippen molar-refractivity contribution in [2.24, 2.45) is 0 Å². The molecule has 0 amide bonds. The molecule has 3 aromatic rings. The van der Waals surface area contributed by atoms with Crippen molar-refractivity contribution >= 4 is 21.7 Å². The number of rotatable bonds is 10. The molecule has 0 fully saturated rings. The van der Waals surface area contributed by atoms with Crippen molar-refractivity contribution in [2.45, 2.75) is 17.4 Å². The number of hydrogen-bond donors (Lipinski definition) is 1. The fraction of sp³-hybridized carbons (Fsp3) is 0.208. The Morgan fingerprint density at radius 1 is 0.903 bits per heavy atom. The second-order valence-corrected chi connectivity index (χ2v) is 8.71. The molecule has 0 saturated heterocycles. The summed E-state index contributed by atoms with van der Waals surface area (Å²) < 4.78 is 33.2. The molecule has 0 bridgehead atoms. The van der Waals surface area contributed by atoms with Crippen LogP contribution in [0.15, 0.2) is 95.9 Å². The number of carbonyl (C=O) groups is 1. The van der Waals surface area contributed by atoms with Gasteiger partial charge in [-0.2, -0.15) is 0 Å². The number of benzene rings is 3. The zero-order chi connectivity index (χ0) is 22.1. The first-order chi connectivity index (χ1) is 15.0. The fourth-order valence-electron chi connectivity index (χ4n) is 3.35. The van der Waals surface area contributed by atoms with E-state index in [0.717, 1.165) is 11.3 Å². The third kappa shape index (κ3) is 6.16. The van der Waals surface area contributed by atoms with Crippen molar-refractivity contribution in [3.05, 3.63) is 96.6 Å². The molecular weight excluding hydrogens is 412 g/mol. The Balaban J connectivity index is 1.93. The average molecular weight is 439 g/mol. The summed E-state index contributed by atoms with van der Waals surface area (Å²) in [5.41, 5.74) is 1.83.